The van der Waals surface area contributed by atoms with Crippen LogP contribution in [0.15, 0.2) is 53.4 Å². The number of esters is 1. The van der Waals surface area contributed by atoms with Crippen LogP contribution in [0, 0.1) is 5.82 Å². The van der Waals surface area contributed by atoms with Crippen molar-refractivity contribution in [3.8, 4) is 0 Å². The number of carbonyl (C=O) groups is 3. The van der Waals surface area contributed by atoms with Gasteiger partial charge in [0.1, 0.15) is 5.82 Å². The van der Waals surface area contributed by atoms with Crippen molar-refractivity contribution in [2.24, 2.45) is 0 Å². The Morgan fingerprint density at radius 1 is 1.04 bits per heavy atom. The Bertz CT molecular complexity index is 796. The van der Waals surface area contributed by atoms with Crippen molar-refractivity contribution in [2.75, 3.05) is 24.7 Å². The fourth-order valence-electron chi connectivity index (χ4n) is 1.99. The lowest BCUT2D eigenvalue weighted by molar-refractivity contribution is -0.126. The van der Waals surface area contributed by atoms with E-state index in [4.69, 9.17) is 4.74 Å². The van der Waals surface area contributed by atoms with Crippen LogP contribution in [0.5, 0.6) is 0 Å². The minimum atomic E-state index is -0.610. The van der Waals surface area contributed by atoms with Gasteiger partial charge in [0.2, 0.25) is 5.91 Å². The van der Waals surface area contributed by atoms with Gasteiger partial charge in [-0.1, -0.05) is 12.1 Å². The lowest BCUT2D eigenvalue weighted by Crippen LogP contribution is -2.35. The van der Waals surface area contributed by atoms with E-state index in [-0.39, 0.29) is 6.54 Å². The molecular weight excluding hydrogens is 359 g/mol. The number of hydrogen-bond donors (Lipinski definition) is 2. The van der Waals surface area contributed by atoms with E-state index in [2.05, 4.69) is 10.6 Å². The van der Waals surface area contributed by atoms with Crippen molar-refractivity contribution in [1.82, 2.24) is 5.32 Å². The lowest BCUT2D eigenvalue weighted by atomic mass is 10.2. The zero-order valence-corrected chi connectivity index (χ0v) is 14.8. The SMILES string of the molecule is CSc1ccccc1C(=O)OCC(=O)NCC(=O)Nc1ccc(F)cc1. The summed E-state index contributed by atoms with van der Waals surface area (Å²) in [5.74, 6) is -2.11. The third-order valence-electron chi connectivity index (χ3n) is 3.24. The molecule has 0 aliphatic carbocycles. The maximum atomic E-state index is 12.8. The van der Waals surface area contributed by atoms with E-state index in [0.29, 0.717) is 11.3 Å². The Kier molecular flexibility index (Phi) is 7.16. The highest BCUT2D eigenvalue weighted by molar-refractivity contribution is 7.98. The van der Waals surface area contributed by atoms with Gasteiger partial charge >= 0.3 is 5.97 Å². The quantitative estimate of drug-likeness (QED) is 0.573. The van der Waals surface area contributed by atoms with Gasteiger partial charge in [0.15, 0.2) is 6.61 Å². The van der Waals surface area contributed by atoms with Gasteiger partial charge in [-0.05, 0) is 42.7 Å². The first-order chi connectivity index (χ1) is 12.5. The fourth-order valence-corrected chi connectivity index (χ4v) is 2.58. The number of rotatable bonds is 7. The number of nitrogens with one attached hydrogen (secondary N) is 2. The standard InChI is InChI=1S/C18H17FN2O4S/c1-26-15-5-3-2-4-14(15)18(24)25-11-17(23)20-10-16(22)21-13-8-6-12(19)7-9-13/h2-9H,10-11H2,1H3,(H,20,23)(H,21,22). The third kappa shape index (κ3) is 5.89. The number of benzene rings is 2. The van der Waals surface area contributed by atoms with Crippen LogP contribution in [0.1, 0.15) is 10.4 Å². The van der Waals surface area contributed by atoms with E-state index in [1.54, 1.807) is 24.3 Å². The van der Waals surface area contributed by atoms with Gasteiger partial charge in [0, 0.05) is 10.6 Å². The first-order valence-corrected chi connectivity index (χ1v) is 8.84. The van der Waals surface area contributed by atoms with E-state index < -0.39 is 30.2 Å². The molecule has 0 spiro atoms. The van der Waals surface area contributed by atoms with Crippen molar-refractivity contribution < 1.29 is 23.5 Å². The minimum Gasteiger partial charge on any atom is -0.452 e. The van der Waals surface area contributed by atoms with Gasteiger partial charge in [0.05, 0.1) is 12.1 Å². The van der Waals surface area contributed by atoms with Crippen LogP contribution in [-0.2, 0) is 14.3 Å². The molecular formula is C18H17FN2O4S. The second kappa shape index (κ2) is 9.57. The Hall–Kier alpha value is -2.87. The summed E-state index contributed by atoms with van der Waals surface area (Å²) in [6.07, 6.45) is 1.83. The Morgan fingerprint density at radius 3 is 2.42 bits per heavy atom. The summed E-state index contributed by atoms with van der Waals surface area (Å²) in [7, 11) is 0. The highest BCUT2D eigenvalue weighted by Gasteiger charge is 2.14. The highest BCUT2D eigenvalue weighted by atomic mass is 32.2. The number of carbonyl (C=O) groups excluding carboxylic acids is 3. The Balaban J connectivity index is 1.75. The third-order valence-corrected chi connectivity index (χ3v) is 4.03. The summed E-state index contributed by atoms with van der Waals surface area (Å²) in [6, 6.07) is 12.1. The largest absolute Gasteiger partial charge is 0.452 e. The molecule has 6 nitrogen and oxygen atoms in total. The Morgan fingerprint density at radius 2 is 1.73 bits per heavy atom. The van der Waals surface area contributed by atoms with Crippen LogP contribution in [-0.4, -0.2) is 37.2 Å². The van der Waals surface area contributed by atoms with E-state index in [1.165, 1.54) is 36.0 Å². The molecule has 2 N–H and O–H groups in total. The number of anilines is 1. The fraction of sp³-hybridized carbons (Fsp3) is 0.167. The summed E-state index contributed by atoms with van der Waals surface area (Å²) >= 11 is 1.40. The molecule has 0 saturated carbocycles. The van der Waals surface area contributed by atoms with Gasteiger partial charge in [-0.25, -0.2) is 9.18 Å². The maximum absolute atomic E-state index is 12.8. The van der Waals surface area contributed by atoms with Crippen LogP contribution in [0.4, 0.5) is 10.1 Å². The van der Waals surface area contributed by atoms with Gasteiger partial charge in [-0.15, -0.1) is 11.8 Å². The first kappa shape index (κ1) is 19.5. The zero-order valence-electron chi connectivity index (χ0n) is 14.0. The zero-order chi connectivity index (χ0) is 18.9. The van der Waals surface area contributed by atoms with E-state index in [1.807, 2.05) is 6.26 Å². The summed E-state index contributed by atoms with van der Waals surface area (Å²) in [5.41, 5.74) is 0.785. The van der Waals surface area contributed by atoms with Crippen molar-refractivity contribution in [3.63, 3.8) is 0 Å². The molecule has 2 amide bonds. The van der Waals surface area contributed by atoms with Crippen molar-refractivity contribution in [2.45, 2.75) is 4.90 Å². The molecule has 0 atom stereocenters. The predicted octanol–water partition coefficient (Wildman–Crippen LogP) is 2.46. The molecule has 8 heteroatoms. The van der Waals surface area contributed by atoms with Gasteiger partial charge < -0.3 is 15.4 Å². The molecule has 2 aromatic carbocycles. The van der Waals surface area contributed by atoms with Gasteiger partial charge in [-0.2, -0.15) is 0 Å². The first-order valence-electron chi connectivity index (χ1n) is 7.62. The lowest BCUT2D eigenvalue weighted by Gasteiger charge is -2.09. The number of ether oxygens (including phenoxy) is 1. The van der Waals surface area contributed by atoms with Gasteiger partial charge in [0.25, 0.3) is 5.91 Å². The number of hydrogen-bond acceptors (Lipinski definition) is 5. The van der Waals surface area contributed by atoms with E-state index >= 15 is 0 Å². The molecule has 0 radical (unpaired) electrons. The highest BCUT2D eigenvalue weighted by Crippen LogP contribution is 2.20. The molecule has 0 aliphatic rings. The molecule has 136 valence electrons. The minimum absolute atomic E-state index is 0.296. The normalized spacial score (nSPS) is 10.1. The van der Waals surface area contributed by atoms with E-state index in [0.717, 1.165) is 4.90 Å². The van der Waals surface area contributed by atoms with Gasteiger partial charge in [-0.3, -0.25) is 9.59 Å². The number of halogens is 1. The van der Waals surface area contributed by atoms with Crippen LogP contribution in [0.2, 0.25) is 0 Å². The molecule has 0 aromatic heterocycles. The molecule has 0 heterocycles. The number of thioether (sulfide) groups is 1. The molecule has 0 fully saturated rings. The number of amides is 2. The molecule has 2 aromatic rings. The average molecular weight is 376 g/mol. The topological polar surface area (TPSA) is 84.5 Å². The molecule has 0 unspecified atom stereocenters. The van der Waals surface area contributed by atoms with Crippen LogP contribution in [0.25, 0.3) is 0 Å². The maximum Gasteiger partial charge on any atom is 0.339 e. The second-order valence-corrected chi connectivity index (χ2v) is 5.96. The average Bonchev–Trinajstić information content (AvgIpc) is 2.66. The molecule has 26 heavy (non-hydrogen) atoms. The predicted molar refractivity (Wildman–Crippen MR) is 96.5 cm³/mol. The van der Waals surface area contributed by atoms with Crippen LogP contribution < -0.4 is 10.6 Å². The summed E-state index contributed by atoms with van der Waals surface area (Å²) in [6.45, 7) is -0.791. The smallest absolute Gasteiger partial charge is 0.339 e. The molecule has 0 bridgehead atoms. The Labute approximate surface area is 154 Å². The second-order valence-electron chi connectivity index (χ2n) is 5.11. The van der Waals surface area contributed by atoms with Crippen molar-refractivity contribution in [1.29, 1.82) is 0 Å². The van der Waals surface area contributed by atoms with E-state index in [9.17, 15) is 18.8 Å². The summed E-state index contributed by atoms with van der Waals surface area (Å²) in [4.78, 5) is 36.2. The molecule has 2 rings (SSSR count). The van der Waals surface area contributed by atoms with Crippen LogP contribution >= 0.6 is 11.8 Å². The van der Waals surface area contributed by atoms with Crippen molar-refractivity contribution >= 4 is 35.2 Å². The van der Waals surface area contributed by atoms with Crippen LogP contribution in [0.3, 0.4) is 0 Å². The summed E-state index contributed by atoms with van der Waals surface area (Å²) in [5, 5.41) is 4.84. The molecule has 0 saturated heterocycles. The summed E-state index contributed by atoms with van der Waals surface area (Å²) < 4.78 is 17.7. The van der Waals surface area contributed by atoms with Crippen molar-refractivity contribution in [3.05, 3.63) is 59.9 Å². The molecule has 0 aliphatic heterocycles. The monoisotopic (exact) mass is 376 g/mol.